The Kier molecular flexibility index (Phi) is 11.8. The number of rotatable bonds is 11. The topological polar surface area (TPSA) is 46.0 Å². The number of azo groups is 1. The number of aryl methyl sites for hydroxylation is 1. The molecule has 160 valence electrons. The molecule has 0 saturated heterocycles. The van der Waals surface area contributed by atoms with Gasteiger partial charge in [-0.1, -0.05) is 25.5 Å². The maximum atomic E-state index is 5.80. The van der Waals surface area contributed by atoms with Crippen LogP contribution in [0.4, 0.5) is 11.4 Å². The molecule has 0 atom stereocenters. The summed E-state index contributed by atoms with van der Waals surface area (Å²) in [6, 6.07) is 16.1. The molecule has 2 rings (SSSR count). The van der Waals surface area contributed by atoms with Crippen LogP contribution in [0, 0.1) is 0 Å². The fourth-order valence-electron chi connectivity index (χ4n) is 2.72. The third kappa shape index (κ3) is 11.1. The van der Waals surface area contributed by atoms with Crippen molar-refractivity contribution < 1.29 is 4.74 Å². The van der Waals surface area contributed by atoms with Crippen LogP contribution in [0.1, 0.15) is 58.9 Å². The summed E-state index contributed by atoms with van der Waals surface area (Å²) in [7, 11) is 0. The Hall–Kier alpha value is -1.72. The van der Waals surface area contributed by atoms with Crippen molar-refractivity contribution in [3.05, 3.63) is 54.1 Å². The fraction of sp³-hybridized carbons (Fsp3) is 0.500. The molecule has 0 heterocycles. The van der Waals surface area contributed by atoms with Crippen LogP contribution in [0.5, 0.6) is 5.75 Å². The molecule has 0 aromatic heterocycles. The maximum absolute atomic E-state index is 5.80. The van der Waals surface area contributed by atoms with Crippen molar-refractivity contribution in [3.63, 3.8) is 0 Å². The number of nitrogens with zero attached hydrogens (tertiary/aromatic N) is 2. The first-order chi connectivity index (χ1) is 13.5. The van der Waals surface area contributed by atoms with E-state index >= 15 is 0 Å². The molecular formula is C24H36BrN3O. The molecule has 29 heavy (non-hydrogen) atoms. The first kappa shape index (κ1) is 25.3. The van der Waals surface area contributed by atoms with Gasteiger partial charge in [-0.15, -0.1) is 17.0 Å². The van der Waals surface area contributed by atoms with Crippen LogP contribution in [0.3, 0.4) is 0 Å². The fourth-order valence-corrected chi connectivity index (χ4v) is 2.72. The van der Waals surface area contributed by atoms with Gasteiger partial charge in [-0.05, 0) is 95.0 Å². The molecule has 0 unspecified atom stereocenters. The Balaban J connectivity index is 0.00000420. The zero-order chi connectivity index (χ0) is 20.2. The average Bonchev–Trinajstić information content (AvgIpc) is 2.68. The standard InChI is InChI=1S/C24H35N3O.BrH/c1-5-6-9-20-10-12-21(13-11-20)26-27-22-14-16-23(17-15-22)28-19-8-7-18-25-24(2,3)4;/h10-17,25H,5-9,18-19H2,1-4H3;1H. The molecule has 0 spiro atoms. The predicted molar refractivity (Wildman–Crippen MR) is 128 cm³/mol. The molecule has 0 saturated carbocycles. The van der Waals surface area contributed by atoms with Crippen LogP contribution in [-0.4, -0.2) is 18.7 Å². The lowest BCUT2D eigenvalue weighted by molar-refractivity contribution is 0.301. The zero-order valence-corrected chi connectivity index (χ0v) is 20.0. The second-order valence-electron chi connectivity index (χ2n) is 8.20. The molecular weight excluding hydrogens is 426 g/mol. The highest BCUT2D eigenvalue weighted by molar-refractivity contribution is 8.93. The normalized spacial score (nSPS) is 11.4. The largest absolute Gasteiger partial charge is 0.494 e. The summed E-state index contributed by atoms with van der Waals surface area (Å²) in [6.45, 7) is 10.5. The summed E-state index contributed by atoms with van der Waals surface area (Å²) >= 11 is 0. The molecule has 0 bridgehead atoms. The molecule has 5 heteroatoms. The van der Waals surface area contributed by atoms with Crippen molar-refractivity contribution in [3.8, 4) is 5.75 Å². The first-order valence-corrected chi connectivity index (χ1v) is 10.4. The molecule has 1 N–H and O–H groups in total. The van der Waals surface area contributed by atoms with Gasteiger partial charge < -0.3 is 10.1 Å². The molecule has 2 aromatic rings. The molecule has 0 amide bonds. The van der Waals surface area contributed by atoms with Gasteiger partial charge in [0.2, 0.25) is 0 Å². The quantitative estimate of drug-likeness (QED) is 0.277. The summed E-state index contributed by atoms with van der Waals surface area (Å²) in [4.78, 5) is 0. The van der Waals surface area contributed by atoms with Crippen molar-refractivity contribution in [1.82, 2.24) is 5.32 Å². The first-order valence-electron chi connectivity index (χ1n) is 10.4. The molecule has 0 aliphatic heterocycles. The molecule has 4 nitrogen and oxygen atoms in total. The van der Waals surface area contributed by atoms with Gasteiger partial charge in [-0.2, -0.15) is 10.2 Å². The Morgan fingerprint density at radius 2 is 1.41 bits per heavy atom. The lowest BCUT2D eigenvalue weighted by Crippen LogP contribution is -2.36. The minimum absolute atomic E-state index is 0. The Morgan fingerprint density at radius 3 is 1.97 bits per heavy atom. The van der Waals surface area contributed by atoms with Gasteiger partial charge in [-0.25, -0.2) is 0 Å². The monoisotopic (exact) mass is 461 g/mol. The Morgan fingerprint density at radius 1 is 0.828 bits per heavy atom. The minimum Gasteiger partial charge on any atom is -0.494 e. The highest BCUT2D eigenvalue weighted by Gasteiger charge is 2.06. The van der Waals surface area contributed by atoms with Gasteiger partial charge >= 0.3 is 0 Å². The smallest absolute Gasteiger partial charge is 0.119 e. The van der Waals surface area contributed by atoms with Gasteiger partial charge in [0.25, 0.3) is 0 Å². The average molecular weight is 462 g/mol. The van der Waals surface area contributed by atoms with Crippen LogP contribution in [0.25, 0.3) is 0 Å². The van der Waals surface area contributed by atoms with E-state index in [0.717, 1.165) is 49.5 Å². The van der Waals surface area contributed by atoms with Crippen molar-refractivity contribution in [2.75, 3.05) is 13.2 Å². The van der Waals surface area contributed by atoms with Gasteiger partial charge in [0, 0.05) is 5.54 Å². The van der Waals surface area contributed by atoms with E-state index < -0.39 is 0 Å². The van der Waals surface area contributed by atoms with Gasteiger partial charge in [-0.3, -0.25) is 0 Å². The number of hydrogen-bond acceptors (Lipinski definition) is 4. The number of halogens is 1. The summed E-state index contributed by atoms with van der Waals surface area (Å²) in [5, 5.41) is 12.1. The molecule has 0 aliphatic rings. The summed E-state index contributed by atoms with van der Waals surface area (Å²) in [5.41, 5.74) is 3.25. The molecule has 0 aliphatic carbocycles. The van der Waals surface area contributed by atoms with Crippen molar-refractivity contribution in [1.29, 1.82) is 0 Å². The Bertz CT molecular complexity index is 706. The zero-order valence-electron chi connectivity index (χ0n) is 18.3. The second kappa shape index (κ2) is 13.5. The van der Waals surface area contributed by atoms with Crippen molar-refractivity contribution in [2.24, 2.45) is 10.2 Å². The van der Waals surface area contributed by atoms with E-state index in [1.807, 2.05) is 36.4 Å². The van der Waals surface area contributed by atoms with Gasteiger partial charge in [0.05, 0.1) is 18.0 Å². The van der Waals surface area contributed by atoms with Crippen LogP contribution in [0.2, 0.25) is 0 Å². The third-order valence-electron chi connectivity index (χ3n) is 4.37. The van der Waals surface area contributed by atoms with E-state index in [-0.39, 0.29) is 22.5 Å². The summed E-state index contributed by atoms with van der Waals surface area (Å²) in [5.74, 6) is 0.878. The Labute approximate surface area is 186 Å². The maximum Gasteiger partial charge on any atom is 0.119 e. The number of ether oxygens (including phenoxy) is 1. The van der Waals surface area contributed by atoms with Crippen molar-refractivity contribution in [2.45, 2.75) is 65.3 Å². The SMILES string of the molecule is Br.CCCCc1ccc(N=Nc2ccc(OCCCCNC(C)(C)C)cc2)cc1. The predicted octanol–water partition coefficient (Wildman–Crippen LogP) is 7.57. The number of hydrogen-bond donors (Lipinski definition) is 1. The molecule has 0 fully saturated rings. The van der Waals surface area contributed by atoms with Gasteiger partial charge in [0.15, 0.2) is 0 Å². The number of unbranched alkanes of at least 4 members (excludes halogenated alkanes) is 2. The highest BCUT2D eigenvalue weighted by atomic mass is 79.9. The van der Waals surface area contributed by atoms with Crippen LogP contribution in [0.15, 0.2) is 58.8 Å². The van der Waals surface area contributed by atoms with Crippen LogP contribution in [-0.2, 0) is 6.42 Å². The van der Waals surface area contributed by atoms with E-state index in [1.165, 1.54) is 18.4 Å². The second-order valence-corrected chi connectivity index (χ2v) is 8.20. The lowest BCUT2D eigenvalue weighted by atomic mass is 10.1. The van der Waals surface area contributed by atoms with E-state index in [1.54, 1.807) is 0 Å². The van der Waals surface area contributed by atoms with E-state index in [2.05, 4.69) is 55.4 Å². The molecule has 2 aromatic carbocycles. The van der Waals surface area contributed by atoms with Crippen molar-refractivity contribution >= 4 is 28.4 Å². The third-order valence-corrected chi connectivity index (χ3v) is 4.37. The summed E-state index contributed by atoms with van der Waals surface area (Å²) < 4.78 is 5.80. The van der Waals surface area contributed by atoms with Crippen LogP contribution < -0.4 is 10.1 Å². The van der Waals surface area contributed by atoms with Gasteiger partial charge in [0.1, 0.15) is 5.75 Å². The van der Waals surface area contributed by atoms with Crippen LogP contribution >= 0.6 is 17.0 Å². The minimum atomic E-state index is 0. The number of benzene rings is 2. The molecule has 0 radical (unpaired) electrons. The highest BCUT2D eigenvalue weighted by Crippen LogP contribution is 2.22. The lowest BCUT2D eigenvalue weighted by Gasteiger charge is -2.20. The van der Waals surface area contributed by atoms with E-state index in [9.17, 15) is 0 Å². The van der Waals surface area contributed by atoms with E-state index in [4.69, 9.17) is 4.74 Å². The summed E-state index contributed by atoms with van der Waals surface area (Å²) in [6.07, 6.45) is 5.72. The van der Waals surface area contributed by atoms with E-state index in [0.29, 0.717) is 0 Å². The number of nitrogens with one attached hydrogen (secondary N) is 1.